The van der Waals surface area contributed by atoms with Crippen molar-refractivity contribution in [3.63, 3.8) is 0 Å². The van der Waals surface area contributed by atoms with E-state index >= 15 is 0 Å². The number of nitrogens with one attached hydrogen (secondary N) is 2. The molecule has 3 rings (SSSR count). The van der Waals surface area contributed by atoms with Crippen LogP contribution >= 0.6 is 0 Å². The number of fused-ring (bicyclic) bond motifs is 1. The lowest BCUT2D eigenvalue weighted by atomic mass is 10.1. The predicted molar refractivity (Wildman–Crippen MR) is 77.7 cm³/mol. The number of benzene rings is 1. The van der Waals surface area contributed by atoms with E-state index in [0.29, 0.717) is 5.82 Å². The predicted octanol–water partition coefficient (Wildman–Crippen LogP) is 2.54. The second kappa shape index (κ2) is 5.88. The molecule has 0 radical (unpaired) electrons. The molecule has 1 aliphatic heterocycles. The van der Waals surface area contributed by atoms with Crippen LogP contribution in [-0.4, -0.2) is 30.3 Å². The van der Waals surface area contributed by atoms with E-state index in [2.05, 4.69) is 15.6 Å². The van der Waals surface area contributed by atoms with Gasteiger partial charge in [-0.1, -0.05) is 24.3 Å². The molecule has 0 spiro atoms. The van der Waals surface area contributed by atoms with Crippen molar-refractivity contribution in [3.8, 4) is 0 Å². The third-order valence-corrected chi connectivity index (χ3v) is 3.42. The van der Waals surface area contributed by atoms with Crippen molar-refractivity contribution >= 4 is 22.7 Å². The van der Waals surface area contributed by atoms with Crippen molar-refractivity contribution in [3.05, 3.63) is 36.5 Å². The Kier molecular flexibility index (Phi) is 3.78. The number of anilines is 1. The molecule has 1 fully saturated rings. The Morgan fingerprint density at radius 2 is 2.00 bits per heavy atom. The number of hydrogen-bond donors (Lipinski definition) is 2. The van der Waals surface area contributed by atoms with E-state index < -0.39 is 6.09 Å². The van der Waals surface area contributed by atoms with E-state index in [1.54, 1.807) is 6.20 Å². The van der Waals surface area contributed by atoms with E-state index in [1.165, 1.54) is 0 Å². The van der Waals surface area contributed by atoms with E-state index in [0.717, 1.165) is 36.7 Å². The molecule has 104 valence electrons. The number of hydrogen-bond acceptors (Lipinski definition) is 4. The molecule has 0 bridgehead atoms. The van der Waals surface area contributed by atoms with Crippen LogP contribution in [0.1, 0.15) is 12.8 Å². The van der Waals surface area contributed by atoms with Gasteiger partial charge in [0.25, 0.3) is 0 Å². The SMILES string of the molecule is O=C(Nc1cc2ccccc2cn1)OC1CCNCC1. The molecule has 20 heavy (non-hydrogen) atoms. The van der Waals surface area contributed by atoms with E-state index in [-0.39, 0.29) is 6.10 Å². The maximum Gasteiger partial charge on any atom is 0.413 e. The fourth-order valence-electron chi connectivity index (χ4n) is 2.35. The molecule has 0 unspecified atom stereocenters. The molecule has 0 saturated carbocycles. The summed E-state index contributed by atoms with van der Waals surface area (Å²) in [6.07, 6.45) is 3.03. The lowest BCUT2D eigenvalue weighted by Crippen LogP contribution is -2.34. The monoisotopic (exact) mass is 271 g/mol. The third-order valence-electron chi connectivity index (χ3n) is 3.42. The van der Waals surface area contributed by atoms with Crippen molar-refractivity contribution in [1.82, 2.24) is 10.3 Å². The molecule has 2 heterocycles. The number of amides is 1. The molecule has 5 nitrogen and oxygen atoms in total. The van der Waals surface area contributed by atoms with Crippen molar-refractivity contribution in [2.24, 2.45) is 0 Å². The second-order valence-corrected chi connectivity index (χ2v) is 4.90. The summed E-state index contributed by atoms with van der Waals surface area (Å²) in [5.74, 6) is 0.516. The largest absolute Gasteiger partial charge is 0.446 e. The van der Waals surface area contributed by atoms with Crippen LogP contribution in [0.25, 0.3) is 10.8 Å². The Balaban J connectivity index is 1.64. The van der Waals surface area contributed by atoms with Gasteiger partial charge in [0.15, 0.2) is 0 Å². The molecular weight excluding hydrogens is 254 g/mol. The Morgan fingerprint density at radius 1 is 1.25 bits per heavy atom. The Morgan fingerprint density at radius 3 is 2.80 bits per heavy atom. The van der Waals surface area contributed by atoms with Gasteiger partial charge < -0.3 is 10.1 Å². The van der Waals surface area contributed by atoms with Crippen LogP contribution in [0, 0.1) is 0 Å². The van der Waals surface area contributed by atoms with Crippen LogP contribution in [0.3, 0.4) is 0 Å². The molecule has 0 aliphatic carbocycles. The standard InChI is InChI=1S/C15H17N3O2/c19-15(20-13-5-7-16-8-6-13)18-14-9-11-3-1-2-4-12(11)10-17-14/h1-4,9-10,13,16H,5-8H2,(H,17,18,19). The highest BCUT2D eigenvalue weighted by molar-refractivity contribution is 5.89. The first-order valence-corrected chi connectivity index (χ1v) is 6.84. The Labute approximate surface area is 117 Å². The minimum Gasteiger partial charge on any atom is -0.446 e. The van der Waals surface area contributed by atoms with Crippen molar-refractivity contribution in [1.29, 1.82) is 0 Å². The van der Waals surface area contributed by atoms with Gasteiger partial charge in [-0.3, -0.25) is 5.32 Å². The number of rotatable bonds is 2. The summed E-state index contributed by atoms with van der Waals surface area (Å²) >= 11 is 0. The molecular formula is C15H17N3O2. The average molecular weight is 271 g/mol. The summed E-state index contributed by atoms with van der Waals surface area (Å²) in [7, 11) is 0. The number of aromatic nitrogens is 1. The molecule has 1 aromatic heterocycles. The zero-order chi connectivity index (χ0) is 13.8. The van der Waals surface area contributed by atoms with Crippen LogP contribution in [0.4, 0.5) is 10.6 Å². The summed E-state index contributed by atoms with van der Waals surface area (Å²) in [6, 6.07) is 9.74. The van der Waals surface area contributed by atoms with Crippen molar-refractivity contribution < 1.29 is 9.53 Å². The maximum atomic E-state index is 11.8. The van der Waals surface area contributed by atoms with Crippen LogP contribution < -0.4 is 10.6 Å². The first-order valence-electron chi connectivity index (χ1n) is 6.84. The average Bonchev–Trinajstić information content (AvgIpc) is 2.48. The van der Waals surface area contributed by atoms with Crippen LogP contribution in [-0.2, 0) is 4.74 Å². The molecule has 1 amide bonds. The molecule has 0 atom stereocenters. The molecule has 2 aromatic rings. The van der Waals surface area contributed by atoms with Gasteiger partial charge in [-0.05, 0) is 37.4 Å². The van der Waals surface area contributed by atoms with Crippen LogP contribution in [0.5, 0.6) is 0 Å². The summed E-state index contributed by atoms with van der Waals surface area (Å²) < 4.78 is 5.38. The molecule has 2 N–H and O–H groups in total. The number of carbonyl (C=O) groups is 1. The fourth-order valence-corrected chi connectivity index (χ4v) is 2.35. The highest BCUT2D eigenvalue weighted by atomic mass is 16.6. The maximum absolute atomic E-state index is 11.8. The number of piperidine rings is 1. The normalized spacial score (nSPS) is 16.0. The topological polar surface area (TPSA) is 63.2 Å². The van der Waals surface area contributed by atoms with Gasteiger partial charge in [-0.25, -0.2) is 9.78 Å². The van der Waals surface area contributed by atoms with E-state index in [1.807, 2.05) is 30.3 Å². The Bertz CT molecular complexity index is 609. The zero-order valence-electron chi connectivity index (χ0n) is 11.1. The number of ether oxygens (including phenoxy) is 1. The van der Waals surface area contributed by atoms with Gasteiger partial charge in [0.2, 0.25) is 0 Å². The summed E-state index contributed by atoms with van der Waals surface area (Å²) in [5.41, 5.74) is 0. The second-order valence-electron chi connectivity index (χ2n) is 4.90. The lowest BCUT2D eigenvalue weighted by Gasteiger charge is -2.22. The first-order chi connectivity index (χ1) is 9.81. The number of carbonyl (C=O) groups excluding carboxylic acids is 1. The third kappa shape index (κ3) is 3.05. The molecule has 5 heteroatoms. The minimum atomic E-state index is -0.431. The molecule has 1 saturated heterocycles. The van der Waals surface area contributed by atoms with E-state index in [4.69, 9.17) is 4.74 Å². The molecule has 1 aliphatic rings. The van der Waals surface area contributed by atoms with Crippen molar-refractivity contribution in [2.75, 3.05) is 18.4 Å². The van der Waals surface area contributed by atoms with Crippen molar-refractivity contribution in [2.45, 2.75) is 18.9 Å². The Hall–Kier alpha value is -2.14. The lowest BCUT2D eigenvalue weighted by molar-refractivity contribution is 0.0908. The quantitative estimate of drug-likeness (QED) is 0.881. The van der Waals surface area contributed by atoms with Crippen LogP contribution in [0.2, 0.25) is 0 Å². The first kappa shape index (κ1) is 12.9. The van der Waals surface area contributed by atoms with Gasteiger partial charge in [0.05, 0.1) is 0 Å². The highest BCUT2D eigenvalue weighted by Crippen LogP contribution is 2.16. The number of pyridine rings is 1. The van der Waals surface area contributed by atoms with Gasteiger partial charge >= 0.3 is 6.09 Å². The van der Waals surface area contributed by atoms with Gasteiger partial charge in [-0.15, -0.1) is 0 Å². The minimum absolute atomic E-state index is 0.00305. The fraction of sp³-hybridized carbons (Fsp3) is 0.333. The summed E-state index contributed by atoms with van der Waals surface area (Å²) in [4.78, 5) is 16.0. The highest BCUT2D eigenvalue weighted by Gasteiger charge is 2.17. The summed E-state index contributed by atoms with van der Waals surface area (Å²) in [5, 5.41) is 8.01. The van der Waals surface area contributed by atoms with Gasteiger partial charge in [0, 0.05) is 11.6 Å². The smallest absolute Gasteiger partial charge is 0.413 e. The van der Waals surface area contributed by atoms with Gasteiger partial charge in [-0.2, -0.15) is 0 Å². The van der Waals surface area contributed by atoms with E-state index in [9.17, 15) is 4.79 Å². The van der Waals surface area contributed by atoms with Crippen LogP contribution in [0.15, 0.2) is 36.5 Å². The zero-order valence-corrected chi connectivity index (χ0v) is 11.1. The molecule has 1 aromatic carbocycles. The number of nitrogens with zero attached hydrogens (tertiary/aromatic N) is 1. The summed E-state index contributed by atoms with van der Waals surface area (Å²) in [6.45, 7) is 1.79. The van der Waals surface area contributed by atoms with Gasteiger partial charge in [0.1, 0.15) is 11.9 Å².